The van der Waals surface area contributed by atoms with Crippen LogP contribution in [0.4, 0.5) is 0 Å². The first-order valence-electron chi connectivity index (χ1n) is 8.12. The molecule has 1 aromatic heterocycles. The monoisotopic (exact) mass is 510 g/mol. The highest BCUT2D eigenvalue weighted by molar-refractivity contribution is 7.66. The largest absolute Gasteiger partial charge is 0.490 e. The molecule has 6 N–H and O–H groups in total. The third-order valence-electron chi connectivity index (χ3n) is 4.31. The number of hydrogen-bond donors (Lipinski definition) is 6. The molecule has 0 aromatic carbocycles. The van der Waals surface area contributed by atoms with Crippen LogP contribution in [0.15, 0.2) is 15.8 Å². The lowest BCUT2D eigenvalue weighted by atomic mass is 10.0. The third-order valence-corrected chi connectivity index (χ3v) is 8.10. The minimum absolute atomic E-state index is 0.141. The van der Waals surface area contributed by atoms with Gasteiger partial charge in [0, 0.05) is 11.8 Å². The summed E-state index contributed by atoms with van der Waals surface area (Å²) in [6.07, 6.45) is -2.77. The van der Waals surface area contributed by atoms with Crippen molar-refractivity contribution in [2.45, 2.75) is 31.0 Å². The van der Waals surface area contributed by atoms with Crippen LogP contribution in [0.5, 0.6) is 0 Å². The summed E-state index contributed by atoms with van der Waals surface area (Å²) in [5.41, 5.74) is -3.22. The minimum atomic E-state index is -5.72. The first-order valence-corrected chi connectivity index (χ1v) is 12.6. The van der Waals surface area contributed by atoms with Crippen LogP contribution in [0, 0.1) is 6.92 Å². The molecule has 2 bridgehead atoms. The van der Waals surface area contributed by atoms with Crippen LogP contribution in [0.25, 0.3) is 0 Å². The number of aliphatic hydroxyl groups excluding tert-OH is 1. The normalized spacial score (nSPS) is 32.0. The Morgan fingerprint density at radius 1 is 1.19 bits per heavy atom. The molecule has 0 spiro atoms. The number of ether oxygens (including phenoxy) is 2. The fraction of sp³-hybridized carbons (Fsp3) is 0.636. The lowest BCUT2D eigenvalue weighted by molar-refractivity contribution is -0.186. The molecule has 0 saturated carbocycles. The number of fused-ring (bicyclic) bond motifs is 2. The van der Waals surface area contributed by atoms with E-state index < -0.39 is 65.4 Å². The Morgan fingerprint density at radius 2 is 1.84 bits per heavy atom. The molecule has 6 atom stereocenters. The lowest BCUT2D eigenvalue weighted by Crippen LogP contribution is -2.45. The predicted octanol–water partition coefficient (Wildman–Crippen LogP) is -1.78. The summed E-state index contributed by atoms with van der Waals surface area (Å²) in [5, 5.41) is 10.4. The summed E-state index contributed by atoms with van der Waals surface area (Å²) in [6, 6.07) is 0. The number of hydrogen-bond acceptors (Lipinski definition) is 11. The van der Waals surface area contributed by atoms with E-state index in [1.54, 1.807) is 0 Å². The number of phosphoric acid groups is 3. The van der Waals surface area contributed by atoms with Crippen molar-refractivity contribution in [1.29, 1.82) is 0 Å². The summed E-state index contributed by atoms with van der Waals surface area (Å²) >= 11 is 0. The molecule has 2 aliphatic heterocycles. The molecule has 2 aliphatic rings. The van der Waals surface area contributed by atoms with Gasteiger partial charge in [0.2, 0.25) is 0 Å². The molecule has 0 amide bonds. The zero-order valence-corrected chi connectivity index (χ0v) is 18.0. The van der Waals surface area contributed by atoms with Gasteiger partial charge in [-0.05, 0) is 6.92 Å². The van der Waals surface area contributed by atoms with Crippen LogP contribution in [0.3, 0.4) is 0 Å². The van der Waals surface area contributed by atoms with Gasteiger partial charge in [-0.3, -0.25) is 18.9 Å². The fourth-order valence-corrected chi connectivity index (χ4v) is 6.08. The van der Waals surface area contributed by atoms with Gasteiger partial charge in [-0.1, -0.05) is 0 Å². The SMILES string of the molecule is Cc1cn(C2OC3(COP(=O)(O)OP(=O)(O)OP(=O)(O)O)COC2C3O)c(=O)[nH]c1=O. The number of rotatable bonds is 8. The van der Waals surface area contributed by atoms with Gasteiger partial charge >= 0.3 is 29.2 Å². The topological polar surface area (TPSA) is 253 Å². The summed E-state index contributed by atoms with van der Waals surface area (Å²) in [5.74, 6) is 0. The number of nitrogens with one attached hydrogen (secondary N) is 1. The Hall–Kier alpha value is -1.03. The van der Waals surface area contributed by atoms with Gasteiger partial charge in [0.25, 0.3) is 5.56 Å². The van der Waals surface area contributed by atoms with Gasteiger partial charge in [-0.25, -0.2) is 18.5 Å². The number of H-pyrrole nitrogens is 1. The van der Waals surface area contributed by atoms with E-state index in [0.717, 1.165) is 10.8 Å². The number of aliphatic hydroxyl groups is 1. The van der Waals surface area contributed by atoms with E-state index >= 15 is 0 Å². The van der Waals surface area contributed by atoms with E-state index in [-0.39, 0.29) is 12.2 Å². The van der Waals surface area contributed by atoms with E-state index in [2.05, 4.69) is 13.1 Å². The smallest absolute Gasteiger partial charge is 0.387 e. The molecule has 20 heteroatoms. The van der Waals surface area contributed by atoms with Gasteiger partial charge in [-0.15, -0.1) is 0 Å². The van der Waals surface area contributed by atoms with Crippen LogP contribution in [-0.4, -0.2) is 65.3 Å². The number of aromatic amines is 1. The van der Waals surface area contributed by atoms with Crippen molar-refractivity contribution in [3.05, 3.63) is 32.6 Å². The highest BCUT2D eigenvalue weighted by atomic mass is 31.3. The molecule has 3 heterocycles. The molecular weight excluding hydrogens is 493 g/mol. The number of nitrogens with zero attached hydrogens (tertiary/aromatic N) is 1. The summed E-state index contributed by atoms with van der Waals surface area (Å²) in [4.78, 5) is 61.4. The Bertz CT molecular complexity index is 1120. The number of aromatic nitrogens is 2. The van der Waals surface area contributed by atoms with Crippen molar-refractivity contribution in [3.8, 4) is 0 Å². The van der Waals surface area contributed by atoms with Crippen molar-refractivity contribution in [2.75, 3.05) is 13.2 Å². The second kappa shape index (κ2) is 8.08. The van der Waals surface area contributed by atoms with Gasteiger partial charge in [0.1, 0.15) is 17.8 Å². The molecule has 0 aliphatic carbocycles. The minimum Gasteiger partial charge on any atom is -0.387 e. The average Bonchev–Trinajstić information content (AvgIpc) is 3.03. The van der Waals surface area contributed by atoms with E-state index in [0.29, 0.717) is 0 Å². The zero-order chi connectivity index (χ0) is 23.4. The maximum atomic E-state index is 12.1. The zero-order valence-electron chi connectivity index (χ0n) is 15.3. The molecule has 31 heavy (non-hydrogen) atoms. The van der Waals surface area contributed by atoms with Crippen molar-refractivity contribution in [1.82, 2.24) is 9.55 Å². The first kappa shape index (κ1) is 24.6. The molecule has 0 radical (unpaired) electrons. The fourth-order valence-electron chi connectivity index (χ4n) is 3.01. The van der Waals surface area contributed by atoms with Crippen LogP contribution in [0.2, 0.25) is 0 Å². The molecule has 3 rings (SSSR count). The van der Waals surface area contributed by atoms with Crippen molar-refractivity contribution < 1.29 is 61.0 Å². The van der Waals surface area contributed by atoms with Crippen molar-refractivity contribution >= 4 is 23.5 Å². The van der Waals surface area contributed by atoms with E-state index in [9.17, 15) is 33.3 Å². The van der Waals surface area contributed by atoms with Gasteiger partial charge in [0.15, 0.2) is 6.23 Å². The van der Waals surface area contributed by atoms with Crippen LogP contribution in [0.1, 0.15) is 11.8 Å². The van der Waals surface area contributed by atoms with E-state index in [1.807, 2.05) is 4.98 Å². The molecule has 176 valence electrons. The molecule has 2 saturated heterocycles. The molecule has 17 nitrogen and oxygen atoms in total. The molecule has 6 unspecified atom stereocenters. The third kappa shape index (κ3) is 5.31. The van der Waals surface area contributed by atoms with Crippen molar-refractivity contribution in [3.63, 3.8) is 0 Å². The van der Waals surface area contributed by atoms with Crippen molar-refractivity contribution in [2.24, 2.45) is 0 Å². The van der Waals surface area contributed by atoms with Crippen LogP contribution >= 0.6 is 23.5 Å². The quantitative estimate of drug-likeness (QED) is 0.211. The van der Waals surface area contributed by atoms with E-state index in [4.69, 9.17) is 24.2 Å². The maximum Gasteiger partial charge on any atom is 0.490 e. The highest BCUT2D eigenvalue weighted by Crippen LogP contribution is 2.66. The van der Waals surface area contributed by atoms with Crippen LogP contribution in [-0.2, 0) is 36.3 Å². The Labute approximate surface area is 171 Å². The van der Waals surface area contributed by atoms with Gasteiger partial charge in [0.05, 0.1) is 13.2 Å². The number of aryl methyl sites for hydroxylation is 1. The molecular formula is C11H17N2O15P3. The van der Waals surface area contributed by atoms with E-state index in [1.165, 1.54) is 6.92 Å². The first-order chi connectivity index (χ1) is 14.0. The van der Waals surface area contributed by atoms with Gasteiger partial charge < -0.3 is 34.2 Å². The standard InChI is InChI=1S/C11H17N2O15P3/c1-5-2-13(10(16)12-8(5)15)9-6-7(14)11(26-9,3-24-6)4-25-30(20,21)28-31(22,23)27-29(17,18)19/h2,6-7,9,14H,3-4H2,1H3,(H,20,21)(H,22,23)(H,12,15,16)(H2,17,18,19). The van der Waals surface area contributed by atoms with Gasteiger partial charge in [-0.2, -0.15) is 8.62 Å². The molecule has 2 fully saturated rings. The molecule has 1 aromatic rings. The maximum absolute atomic E-state index is 12.1. The number of phosphoric ester groups is 1. The Kier molecular flexibility index (Phi) is 6.41. The summed E-state index contributed by atoms with van der Waals surface area (Å²) in [6.45, 7) is 0.0501. The summed E-state index contributed by atoms with van der Waals surface area (Å²) < 4.78 is 57.5. The highest BCUT2D eigenvalue weighted by Gasteiger charge is 2.63. The lowest BCUT2D eigenvalue weighted by Gasteiger charge is -2.31. The van der Waals surface area contributed by atoms with Crippen LogP contribution < -0.4 is 11.2 Å². The predicted molar refractivity (Wildman–Crippen MR) is 94.5 cm³/mol. The average molecular weight is 510 g/mol. The Morgan fingerprint density at radius 3 is 2.45 bits per heavy atom. The Balaban J connectivity index is 1.75. The second-order valence-corrected chi connectivity index (χ2v) is 11.1. The summed E-state index contributed by atoms with van der Waals surface area (Å²) in [7, 11) is -16.8. The second-order valence-electron chi connectivity index (χ2n) is 6.64.